The van der Waals surface area contributed by atoms with E-state index in [2.05, 4.69) is 0 Å². The van der Waals surface area contributed by atoms with E-state index in [1.54, 1.807) is 17.0 Å². The zero-order valence-electron chi connectivity index (χ0n) is 16.3. The molecule has 3 aromatic carbocycles. The number of hydrogen-bond donors (Lipinski definition) is 0. The minimum Gasteiger partial charge on any atom is -0.484 e. The van der Waals surface area contributed by atoms with E-state index in [0.717, 1.165) is 27.4 Å². The van der Waals surface area contributed by atoms with Crippen LogP contribution in [0.25, 0.3) is 21.7 Å². The van der Waals surface area contributed by atoms with Crippen LogP contribution in [0.4, 0.5) is 5.69 Å². The van der Waals surface area contributed by atoms with Gasteiger partial charge < -0.3 is 14.1 Å². The topological polar surface area (TPSA) is 59.8 Å². The summed E-state index contributed by atoms with van der Waals surface area (Å²) in [6.07, 6.45) is 0. The van der Waals surface area contributed by atoms with Gasteiger partial charge in [0.05, 0.1) is 5.69 Å². The minimum atomic E-state index is -0.406. The predicted octanol–water partition coefficient (Wildman–Crippen LogP) is 4.69. The number of ether oxygens (including phenoxy) is 1. The zero-order valence-corrected chi connectivity index (χ0v) is 16.3. The van der Waals surface area contributed by atoms with Gasteiger partial charge in [-0.05, 0) is 43.0 Å². The second-order valence-corrected chi connectivity index (χ2v) is 6.83. The summed E-state index contributed by atoms with van der Waals surface area (Å²) in [6.45, 7) is 4.21. The van der Waals surface area contributed by atoms with Crippen molar-refractivity contribution in [3.63, 3.8) is 0 Å². The maximum Gasteiger partial charge on any atom is 0.336 e. The van der Waals surface area contributed by atoms with Gasteiger partial charge in [0.15, 0.2) is 6.61 Å². The summed E-state index contributed by atoms with van der Waals surface area (Å²) < 4.78 is 11.0. The molecule has 0 aliphatic rings. The van der Waals surface area contributed by atoms with E-state index >= 15 is 0 Å². The SMILES string of the molecule is CCN(C(=O)COc1ccc2c(C)cc(=O)oc2c1)c1cccc2ccccc12. The summed E-state index contributed by atoms with van der Waals surface area (Å²) in [7, 11) is 0. The molecule has 1 amide bonds. The number of carbonyl (C=O) groups excluding carboxylic acids is 1. The van der Waals surface area contributed by atoms with Gasteiger partial charge in [-0.3, -0.25) is 4.79 Å². The zero-order chi connectivity index (χ0) is 20.4. The molecule has 0 N–H and O–H groups in total. The lowest BCUT2D eigenvalue weighted by atomic mass is 10.1. The second kappa shape index (κ2) is 7.80. The van der Waals surface area contributed by atoms with Gasteiger partial charge in [-0.15, -0.1) is 0 Å². The Balaban J connectivity index is 1.57. The molecule has 0 bridgehead atoms. The molecular weight excluding hydrogens is 366 g/mol. The van der Waals surface area contributed by atoms with Crippen LogP contribution in [0.3, 0.4) is 0 Å². The van der Waals surface area contributed by atoms with E-state index in [-0.39, 0.29) is 12.5 Å². The summed E-state index contributed by atoms with van der Waals surface area (Å²) in [6, 6.07) is 20.6. The molecule has 0 radical (unpaired) electrons. The van der Waals surface area contributed by atoms with Crippen molar-refractivity contribution in [2.45, 2.75) is 13.8 Å². The summed E-state index contributed by atoms with van der Waals surface area (Å²) >= 11 is 0. The molecule has 0 atom stereocenters. The number of anilines is 1. The summed E-state index contributed by atoms with van der Waals surface area (Å²) in [5.41, 5.74) is 1.74. The van der Waals surface area contributed by atoms with Crippen molar-refractivity contribution in [1.82, 2.24) is 0 Å². The molecule has 0 saturated heterocycles. The van der Waals surface area contributed by atoms with Crippen molar-refractivity contribution in [3.05, 3.63) is 82.7 Å². The van der Waals surface area contributed by atoms with Gasteiger partial charge in [0.25, 0.3) is 5.91 Å². The molecule has 0 fully saturated rings. The maximum atomic E-state index is 12.9. The third kappa shape index (κ3) is 3.72. The van der Waals surface area contributed by atoms with Crippen LogP contribution in [0.2, 0.25) is 0 Å². The van der Waals surface area contributed by atoms with Crippen LogP contribution >= 0.6 is 0 Å². The molecule has 0 unspecified atom stereocenters. The number of benzene rings is 3. The van der Waals surface area contributed by atoms with E-state index in [1.165, 1.54) is 6.07 Å². The Kier molecular flexibility index (Phi) is 5.04. The maximum absolute atomic E-state index is 12.9. The average Bonchev–Trinajstić information content (AvgIpc) is 2.72. The van der Waals surface area contributed by atoms with E-state index < -0.39 is 5.63 Å². The third-order valence-corrected chi connectivity index (χ3v) is 4.96. The fourth-order valence-corrected chi connectivity index (χ4v) is 3.54. The van der Waals surface area contributed by atoms with Crippen molar-refractivity contribution in [2.24, 2.45) is 0 Å². The molecule has 5 heteroatoms. The van der Waals surface area contributed by atoms with Crippen LogP contribution in [-0.2, 0) is 4.79 Å². The number of amides is 1. The minimum absolute atomic E-state index is 0.112. The number of aryl methyl sites for hydroxylation is 1. The van der Waals surface area contributed by atoms with Gasteiger partial charge in [0, 0.05) is 29.4 Å². The lowest BCUT2D eigenvalue weighted by Gasteiger charge is -2.23. The lowest BCUT2D eigenvalue weighted by Crippen LogP contribution is -2.34. The van der Waals surface area contributed by atoms with Gasteiger partial charge in [-0.1, -0.05) is 36.4 Å². The van der Waals surface area contributed by atoms with Crippen molar-refractivity contribution < 1.29 is 13.9 Å². The number of rotatable bonds is 5. The Labute approximate surface area is 168 Å². The van der Waals surface area contributed by atoms with Crippen LogP contribution in [0.15, 0.2) is 75.9 Å². The fraction of sp³-hybridized carbons (Fsp3) is 0.167. The number of nitrogens with zero attached hydrogens (tertiary/aromatic N) is 1. The first-order valence-electron chi connectivity index (χ1n) is 9.52. The highest BCUT2D eigenvalue weighted by Crippen LogP contribution is 2.27. The monoisotopic (exact) mass is 387 g/mol. The second-order valence-electron chi connectivity index (χ2n) is 6.83. The van der Waals surface area contributed by atoms with Gasteiger partial charge >= 0.3 is 5.63 Å². The molecule has 0 aliphatic heterocycles. The number of likely N-dealkylation sites (N-methyl/N-ethyl adjacent to an activating group) is 1. The van der Waals surface area contributed by atoms with Gasteiger partial charge in [-0.2, -0.15) is 0 Å². The average molecular weight is 387 g/mol. The van der Waals surface area contributed by atoms with E-state index in [1.807, 2.05) is 62.4 Å². The van der Waals surface area contributed by atoms with Crippen molar-refractivity contribution in [3.8, 4) is 5.75 Å². The third-order valence-electron chi connectivity index (χ3n) is 4.96. The van der Waals surface area contributed by atoms with E-state index in [9.17, 15) is 9.59 Å². The lowest BCUT2D eigenvalue weighted by molar-refractivity contribution is -0.120. The van der Waals surface area contributed by atoms with Crippen LogP contribution in [0.5, 0.6) is 5.75 Å². The molecule has 5 nitrogen and oxygen atoms in total. The van der Waals surface area contributed by atoms with Crippen LogP contribution in [-0.4, -0.2) is 19.1 Å². The normalized spacial score (nSPS) is 11.0. The molecule has 0 spiro atoms. The molecule has 1 aromatic heterocycles. The van der Waals surface area contributed by atoms with Crippen LogP contribution in [0, 0.1) is 6.92 Å². The number of hydrogen-bond acceptors (Lipinski definition) is 4. The molecule has 4 rings (SSSR count). The largest absolute Gasteiger partial charge is 0.484 e. The molecule has 0 aliphatic carbocycles. The number of carbonyl (C=O) groups is 1. The van der Waals surface area contributed by atoms with Crippen molar-refractivity contribution in [1.29, 1.82) is 0 Å². The molecule has 29 heavy (non-hydrogen) atoms. The summed E-state index contributed by atoms with van der Waals surface area (Å²) in [5.74, 6) is 0.336. The molecule has 0 saturated carbocycles. The van der Waals surface area contributed by atoms with Crippen molar-refractivity contribution >= 4 is 33.3 Å². The molecule has 146 valence electrons. The smallest absolute Gasteiger partial charge is 0.336 e. The first kappa shape index (κ1) is 18.7. The molecular formula is C24H21NO4. The Hall–Kier alpha value is -3.60. The number of fused-ring (bicyclic) bond motifs is 2. The molecule has 4 aromatic rings. The Bertz CT molecular complexity index is 1250. The van der Waals surface area contributed by atoms with Gasteiger partial charge in [-0.25, -0.2) is 4.79 Å². The van der Waals surface area contributed by atoms with E-state index in [0.29, 0.717) is 17.9 Å². The van der Waals surface area contributed by atoms with Crippen LogP contribution in [0.1, 0.15) is 12.5 Å². The quantitative estimate of drug-likeness (QED) is 0.466. The Morgan fingerprint density at radius 2 is 1.79 bits per heavy atom. The highest BCUT2D eigenvalue weighted by atomic mass is 16.5. The molecule has 1 heterocycles. The standard InChI is InChI=1S/C24H21NO4/c1-3-25(21-10-6-8-17-7-4-5-9-20(17)21)23(26)15-28-18-11-12-19-16(2)13-24(27)29-22(19)14-18/h4-14H,3,15H2,1-2H3. The van der Waals surface area contributed by atoms with Gasteiger partial charge in [0.1, 0.15) is 11.3 Å². The van der Waals surface area contributed by atoms with Crippen molar-refractivity contribution in [2.75, 3.05) is 18.1 Å². The van der Waals surface area contributed by atoms with E-state index in [4.69, 9.17) is 9.15 Å². The highest BCUT2D eigenvalue weighted by molar-refractivity contribution is 6.04. The summed E-state index contributed by atoms with van der Waals surface area (Å²) in [4.78, 5) is 26.2. The van der Waals surface area contributed by atoms with Gasteiger partial charge in [0.2, 0.25) is 0 Å². The Morgan fingerprint density at radius 1 is 1.00 bits per heavy atom. The predicted molar refractivity (Wildman–Crippen MR) is 115 cm³/mol. The van der Waals surface area contributed by atoms with Crippen LogP contribution < -0.4 is 15.3 Å². The highest BCUT2D eigenvalue weighted by Gasteiger charge is 2.17. The summed E-state index contributed by atoms with van der Waals surface area (Å²) in [5, 5.41) is 2.94. The first-order valence-corrected chi connectivity index (χ1v) is 9.52. The first-order chi connectivity index (χ1) is 14.1. The fourth-order valence-electron chi connectivity index (χ4n) is 3.54. The Morgan fingerprint density at radius 3 is 2.62 bits per heavy atom.